The molecule has 2 aromatic rings. The van der Waals surface area contributed by atoms with Crippen molar-refractivity contribution in [1.29, 1.82) is 0 Å². The first kappa shape index (κ1) is 8.71. The van der Waals surface area contributed by atoms with Crippen LogP contribution in [0.25, 0.3) is 0 Å². The predicted molar refractivity (Wildman–Crippen MR) is 50.7 cm³/mol. The number of hydrogen-bond donors (Lipinski definition) is 0. The Hall–Kier alpha value is -0.880. The van der Waals surface area contributed by atoms with Crippen LogP contribution in [0.3, 0.4) is 0 Å². The molecule has 68 valence electrons. The van der Waals surface area contributed by atoms with Gasteiger partial charge in [0.05, 0.1) is 6.20 Å². The number of hydrogen-bond acceptors (Lipinski definition) is 6. The van der Waals surface area contributed by atoms with Gasteiger partial charge in [0.15, 0.2) is 4.34 Å². The summed E-state index contributed by atoms with van der Waals surface area (Å²) in [6, 6.07) is 0. The minimum atomic E-state index is 0.838. The highest BCUT2D eigenvalue weighted by Gasteiger charge is 2.04. The third-order valence-corrected chi connectivity index (χ3v) is 3.45. The van der Waals surface area contributed by atoms with Crippen LogP contribution in [0, 0.1) is 6.92 Å². The summed E-state index contributed by atoms with van der Waals surface area (Å²) in [5.74, 6) is 1.71. The summed E-state index contributed by atoms with van der Waals surface area (Å²) < 4.78 is 5.91. The molecule has 0 spiro atoms. The minimum absolute atomic E-state index is 0.838. The largest absolute Gasteiger partial charge is 0.361 e. The van der Waals surface area contributed by atoms with Crippen LogP contribution in [0.2, 0.25) is 0 Å². The zero-order valence-corrected chi connectivity index (χ0v) is 8.56. The van der Waals surface area contributed by atoms with Gasteiger partial charge in [-0.2, -0.15) is 0 Å². The van der Waals surface area contributed by atoms with E-state index in [9.17, 15) is 0 Å². The van der Waals surface area contributed by atoms with Gasteiger partial charge in [0.25, 0.3) is 0 Å². The third kappa shape index (κ3) is 2.07. The maximum absolute atomic E-state index is 4.94. The van der Waals surface area contributed by atoms with Gasteiger partial charge in [-0.3, -0.25) is 0 Å². The van der Waals surface area contributed by atoms with Crippen molar-refractivity contribution in [3.05, 3.63) is 23.0 Å². The molecule has 0 N–H and O–H groups in total. The van der Waals surface area contributed by atoms with Gasteiger partial charge in [0, 0.05) is 11.3 Å². The summed E-state index contributed by atoms with van der Waals surface area (Å²) in [6.07, 6.45) is 1.74. The van der Waals surface area contributed by atoms with Gasteiger partial charge in [-0.15, -0.1) is 10.2 Å². The van der Waals surface area contributed by atoms with Crippen molar-refractivity contribution in [3.8, 4) is 0 Å². The molecule has 4 nitrogen and oxygen atoms in total. The summed E-state index contributed by atoms with van der Waals surface area (Å²) in [6.45, 7) is 1.91. The maximum Gasteiger partial charge on any atom is 0.174 e. The number of aromatic nitrogens is 3. The van der Waals surface area contributed by atoms with E-state index in [2.05, 4.69) is 15.4 Å². The molecule has 0 radical (unpaired) electrons. The molecule has 13 heavy (non-hydrogen) atoms. The van der Waals surface area contributed by atoms with Crippen LogP contribution in [0.5, 0.6) is 0 Å². The molecule has 0 aliphatic heterocycles. The zero-order chi connectivity index (χ0) is 9.10. The van der Waals surface area contributed by atoms with Crippen molar-refractivity contribution in [2.24, 2.45) is 0 Å². The second kappa shape index (κ2) is 3.89. The SMILES string of the molecule is Cc1oncc1CSc1nncs1. The van der Waals surface area contributed by atoms with Crippen molar-refractivity contribution in [1.82, 2.24) is 15.4 Å². The van der Waals surface area contributed by atoms with E-state index in [0.29, 0.717) is 0 Å². The monoisotopic (exact) mass is 213 g/mol. The number of rotatable bonds is 3. The van der Waals surface area contributed by atoms with E-state index in [4.69, 9.17) is 4.52 Å². The number of nitrogens with zero attached hydrogens (tertiary/aromatic N) is 3. The zero-order valence-electron chi connectivity index (χ0n) is 6.93. The van der Waals surface area contributed by atoms with Gasteiger partial charge in [-0.05, 0) is 6.92 Å². The molecular weight excluding hydrogens is 206 g/mol. The van der Waals surface area contributed by atoms with Gasteiger partial charge in [0.1, 0.15) is 11.3 Å². The Morgan fingerprint density at radius 3 is 3.15 bits per heavy atom. The Balaban J connectivity index is 1.97. The summed E-state index contributed by atoms with van der Waals surface area (Å²) in [5.41, 5.74) is 2.84. The summed E-state index contributed by atoms with van der Waals surface area (Å²) in [7, 11) is 0. The van der Waals surface area contributed by atoms with E-state index in [1.54, 1.807) is 34.8 Å². The van der Waals surface area contributed by atoms with Crippen LogP contribution in [0.1, 0.15) is 11.3 Å². The van der Waals surface area contributed by atoms with Crippen LogP contribution in [-0.4, -0.2) is 15.4 Å². The molecule has 2 heterocycles. The average molecular weight is 213 g/mol. The molecule has 0 aliphatic rings. The fourth-order valence-corrected chi connectivity index (χ4v) is 2.34. The van der Waals surface area contributed by atoms with E-state index in [1.807, 2.05) is 6.92 Å². The maximum atomic E-state index is 4.94. The van der Waals surface area contributed by atoms with Gasteiger partial charge in [-0.1, -0.05) is 28.3 Å². The first-order chi connectivity index (χ1) is 6.36. The van der Waals surface area contributed by atoms with Gasteiger partial charge in [-0.25, -0.2) is 0 Å². The molecule has 0 aliphatic carbocycles. The fraction of sp³-hybridized carbons (Fsp3) is 0.286. The lowest BCUT2D eigenvalue weighted by molar-refractivity contribution is 0.396. The van der Waals surface area contributed by atoms with Crippen LogP contribution in [0.15, 0.2) is 20.6 Å². The predicted octanol–water partition coefficient (Wildman–Crippen LogP) is 2.13. The lowest BCUT2D eigenvalue weighted by atomic mass is 10.3. The lowest BCUT2D eigenvalue weighted by Crippen LogP contribution is -1.79. The lowest BCUT2D eigenvalue weighted by Gasteiger charge is -1.92. The van der Waals surface area contributed by atoms with E-state index in [1.165, 1.54) is 0 Å². The molecule has 0 aromatic carbocycles. The molecule has 0 unspecified atom stereocenters. The van der Waals surface area contributed by atoms with Crippen LogP contribution in [0.4, 0.5) is 0 Å². The molecule has 0 amide bonds. The van der Waals surface area contributed by atoms with Gasteiger partial charge < -0.3 is 4.52 Å². The smallest absolute Gasteiger partial charge is 0.174 e. The molecule has 0 fully saturated rings. The minimum Gasteiger partial charge on any atom is -0.361 e. The molecule has 0 atom stereocenters. The molecule has 6 heteroatoms. The first-order valence-corrected chi connectivity index (χ1v) is 5.52. The van der Waals surface area contributed by atoms with E-state index in [-0.39, 0.29) is 0 Å². The molecule has 2 rings (SSSR count). The molecule has 0 saturated heterocycles. The number of thioether (sulfide) groups is 1. The molecular formula is C7H7N3OS2. The van der Waals surface area contributed by atoms with E-state index in [0.717, 1.165) is 21.4 Å². The Morgan fingerprint density at radius 2 is 2.54 bits per heavy atom. The fourth-order valence-electron chi connectivity index (χ4n) is 0.823. The summed E-state index contributed by atoms with van der Waals surface area (Å²) >= 11 is 3.18. The Morgan fingerprint density at radius 1 is 1.62 bits per heavy atom. The normalized spacial score (nSPS) is 10.5. The van der Waals surface area contributed by atoms with Crippen molar-refractivity contribution in [2.45, 2.75) is 17.0 Å². The average Bonchev–Trinajstić information content (AvgIpc) is 2.72. The third-order valence-electron chi connectivity index (χ3n) is 1.54. The van der Waals surface area contributed by atoms with Crippen molar-refractivity contribution in [3.63, 3.8) is 0 Å². The number of aryl methyl sites for hydroxylation is 1. The van der Waals surface area contributed by atoms with Gasteiger partial charge >= 0.3 is 0 Å². The quantitative estimate of drug-likeness (QED) is 0.731. The Kier molecular flexibility index (Phi) is 2.60. The van der Waals surface area contributed by atoms with E-state index >= 15 is 0 Å². The highest BCUT2D eigenvalue weighted by Crippen LogP contribution is 2.24. The van der Waals surface area contributed by atoms with Gasteiger partial charge in [0.2, 0.25) is 0 Å². The standard InChI is InChI=1S/C7H7N3OS2/c1-5-6(2-9-11-5)3-12-7-10-8-4-13-7/h2,4H,3H2,1H3. The summed E-state index contributed by atoms with van der Waals surface area (Å²) in [5, 5.41) is 11.4. The molecule has 2 aromatic heterocycles. The second-order valence-electron chi connectivity index (χ2n) is 2.40. The van der Waals surface area contributed by atoms with Crippen LogP contribution in [-0.2, 0) is 5.75 Å². The Labute approximate surface area is 83.4 Å². The van der Waals surface area contributed by atoms with Crippen LogP contribution < -0.4 is 0 Å². The highest BCUT2D eigenvalue weighted by atomic mass is 32.2. The van der Waals surface area contributed by atoms with Crippen molar-refractivity contribution < 1.29 is 4.52 Å². The highest BCUT2D eigenvalue weighted by molar-refractivity contribution is 8.00. The van der Waals surface area contributed by atoms with E-state index < -0.39 is 0 Å². The van der Waals surface area contributed by atoms with Crippen LogP contribution >= 0.6 is 23.1 Å². The topological polar surface area (TPSA) is 51.8 Å². The van der Waals surface area contributed by atoms with Crippen molar-refractivity contribution in [2.75, 3.05) is 0 Å². The first-order valence-electron chi connectivity index (χ1n) is 3.65. The summed E-state index contributed by atoms with van der Waals surface area (Å²) in [4.78, 5) is 0. The van der Waals surface area contributed by atoms with Crippen molar-refractivity contribution >= 4 is 23.1 Å². The Bertz CT molecular complexity index is 371. The second-order valence-corrected chi connectivity index (χ2v) is 4.46. The molecule has 0 saturated carbocycles. The molecule has 0 bridgehead atoms.